The van der Waals surface area contributed by atoms with E-state index in [1.807, 2.05) is 0 Å². The summed E-state index contributed by atoms with van der Waals surface area (Å²) in [6.07, 6.45) is 5.11. The zero-order valence-corrected chi connectivity index (χ0v) is 22.9. The quantitative estimate of drug-likeness (QED) is 0.357. The van der Waals surface area contributed by atoms with Crippen molar-refractivity contribution in [3.8, 4) is 22.3 Å². The van der Waals surface area contributed by atoms with E-state index in [4.69, 9.17) is 0 Å². The molecule has 0 radical (unpaired) electrons. The number of rotatable bonds is 4. The number of allylic oxidation sites excluding steroid dienone is 4. The minimum Gasteiger partial charge on any atom is -1.00 e. The van der Waals surface area contributed by atoms with E-state index in [9.17, 15) is 0 Å². The fraction of sp³-hybridized carbons (Fsp3) is 0.125. The molecule has 0 aromatic heterocycles. The van der Waals surface area contributed by atoms with Crippen LogP contribution in [0.25, 0.3) is 33.4 Å². The number of hydrogen-bond donors (Lipinski definition) is 0. The second kappa shape index (κ2) is 10.7. The van der Waals surface area contributed by atoms with Crippen LogP contribution in [0.5, 0.6) is 0 Å². The summed E-state index contributed by atoms with van der Waals surface area (Å²) >= 11 is -0.303. The van der Waals surface area contributed by atoms with Crippen molar-refractivity contribution >= 4 is 11.1 Å². The summed E-state index contributed by atoms with van der Waals surface area (Å²) in [4.78, 5) is 0. The summed E-state index contributed by atoms with van der Waals surface area (Å²) in [6, 6.07) is 35.5. The first kappa shape index (κ1) is 25.7. The maximum absolute atomic E-state index is 2.55. The third kappa shape index (κ3) is 4.62. The fourth-order valence-electron chi connectivity index (χ4n) is 5.57. The third-order valence-electron chi connectivity index (χ3n) is 7.01. The van der Waals surface area contributed by atoms with Gasteiger partial charge in [0.1, 0.15) is 0 Å². The van der Waals surface area contributed by atoms with Crippen LogP contribution in [0.4, 0.5) is 0 Å². The van der Waals surface area contributed by atoms with E-state index in [1.165, 1.54) is 55.7 Å². The molecular formula is C32H26Cl2Ti. The van der Waals surface area contributed by atoms with Gasteiger partial charge in [-0.15, -0.1) is 0 Å². The molecular weight excluding hydrogens is 503 g/mol. The summed E-state index contributed by atoms with van der Waals surface area (Å²) in [5, 5.41) is 0. The Kier molecular flexibility index (Phi) is 7.89. The Morgan fingerprint density at radius 3 is 1.29 bits per heavy atom. The molecule has 0 bridgehead atoms. The first-order valence-electron chi connectivity index (χ1n) is 11.7. The van der Waals surface area contributed by atoms with E-state index >= 15 is 0 Å². The Balaban J connectivity index is 0.00000144. The molecule has 0 heterocycles. The number of benzene rings is 4. The maximum Gasteiger partial charge on any atom is -1.00 e. The van der Waals surface area contributed by atoms with Gasteiger partial charge in [0.2, 0.25) is 0 Å². The average molecular weight is 529 g/mol. The summed E-state index contributed by atoms with van der Waals surface area (Å²) in [5.74, 6) is 0. The molecule has 4 aromatic rings. The predicted octanol–water partition coefficient (Wildman–Crippen LogP) is 2.73. The Labute approximate surface area is 229 Å². The minimum atomic E-state index is -0.303. The van der Waals surface area contributed by atoms with Crippen molar-refractivity contribution in [1.82, 2.24) is 0 Å². The second-order valence-electron chi connectivity index (χ2n) is 9.09. The Bertz CT molecular complexity index is 1300. The topological polar surface area (TPSA) is 0 Å². The molecule has 2 atom stereocenters. The van der Waals surface area contributed by atoms with Crippen LogP contribution in [0.1, 0.15) is 44.5 Å². The van der Waals surface area contributed by atoms with Gasteiger partial charge in [-0.1, -0.05) is 0 Å². The molecule has 0 spiro atoms. The van der Waals surface area contributed by atoms with Crippen molar-refractivity contribution in [2.24, 2.45) is 0 Å². The van der Waals surface area contributed by atoms with Crippen molar-refractivity contribution in [2.75, 3.05) is 0 Å². The summed E-state index contributed by atoms with van der Waals surface area (Å²) in [5.41, 5.74) is 14.3. The van der Waals surface area contributed by atoms with Gasteiger partial charge < -0.3 is 24.8 Å². The minimum absolute atomic E-state index is 0. The molecule has 2 aliphatic carbocycles. The molecule has 6 rings (SSSR count). The van der Waals surface area contributed by atoms with Gasteiger partial charge in [0.15, 0.2) is 0 Å². The van der Waals surface area contributed by atoms with Crippen LogP contribution in [-0.2, 0) is 19.2 Å². The van der Waals surface area contributed by atoms with Crippen LogP contribution in [0.3, 0.4) is 0 Å². The average Bonchev–Trinajstić information content (AvgIpc) is 3.36. The molecule has 0 nitrogen and oxygen atoms in total. The van der Waals surface area contributed by atoms with E-state index in [2.05, 4.69) is 123 Å². The SMILES string of the molecule is CC1=C[CH]([Ti+2][CH]2C=C(C)c3c(-c4ccccc4)cccc32)c2cccc(-c3ccccc3)c21.[Cl-].[Cl-]. The van der Waals surface area contributed by atoms with Gasteiger partial charge in [-0.25, -0.2) is 0 Å². The molecule has 0 saturated carbocycles. The molecule has 0 N–H and O–H groups in total. The third-order valence-corrected chi connectivity index (χ3v) is 9.63. The smallest absolute Gasteiger partial charge is 1.00 e. The van der Waals surface area contributed by atoms with Crippen molar-refractivity contribution in [3.05, 3.63) is 131 Å². The summed E-state index contributed by atoms with van der Waals surface area (Å²) < 4.78 is 1.15. The fourth-order valence-corrected chi connectivity index (χ4v) is 8.57. The molecule has 0 saturated heterocycles. The van der Waals surface area contributed by atoms with Crippen LogP contribution in [0.2, 0.25) is 0 Å². The normalized spacial score (nSPS) is 17.2. The first-order chi connectivity index (χ1) is 16.2. The zero-order chi connectivity index (χ0) is 22.4. The Morgan fingerprint density at radius 1 is 0.486 bits per heavy atom. The number of fused-ring (bicyclic) bond motifs is 2. The van der Waals surface area contributed by atoms with Crippen molar-refractivity contribution in [3.63, 3.8) is 0 Å². The maximum atomic E-state index is 2.55. The van der Waals surface area contributed by atoms with E-state index in [1.54, 1.807) is 0 Å². The second-order valence-corrected chi connectivity index (χ2v) is 11.6. The van der Waals surface area contributed by atoms with Gasteiger partial charge in [-0.2, -0.15) is 0 Å². The molecule has 2 aliphatic rings. The van der Waals surface area contributed by atoms with Crippen LogP contribution in [0.15, 0.2) is 109 Å². The van der Waals surface area contributed by atoms with Gasteiger partial charge in [0.25, 0.3) is 0 Å². The molecule has 4 aromatic carbocycles. The van der Waals surface area contributed by atoms with Gasteiger partial charge in [0.05, 0.1) is 0 Å². The summed E-state index contributed by atoms with van der Waals surface area (Å²) in [6.45, 7) is 4.60. The van der Waals surface area contributed by atoms with Gasteiger partial charge in [-0.05, 0) is 0 Å². The monoisotopic (exact) mass is 528 g/mol. The van der Waals surface area contributed by atoms with Crippen molar-refractivity contribution in [2.45, 2.75) is 22.3 Å². The van der Waals surface area contributed by atoms with Crippen molar-refractivity contribution in [1.29, 1.82) is 0 Å². The Morgan fingerprint density at radius 2 is 0.886 bits per heavy atom. The van der Waals surface area contributed by atoms with Crippen LogP contribution in [-0.4, -0.2) is 0 Å². The predicted molar refractivity (Wildman–Crippen MR) is 137 cm³/mol. The van der Waals surface area contributed by atoms with Gasteiger partial charge in [-0.3, -0.25) is 0 Å². The zero-order valence-electron chi connectivity index (χ0n) is 19.8. The molecule has 3 heteroatoms. The van der Waals surface area contributed by atoms with E-state index in [-0.39, 0.29) is 44.0 Å². The molecule has 0 fully saturated rings. The Hall–Kier alpha value is -2.35. The standard InChI is InChI=1S/2C16H13.2ClH.Ti/c2*1-12-10-11-14-8-5-9-15(16(12)14)13-6-3-2-4-7-13;;;/h2*2-11H,1H3;2*1H;/q;;;;+2/p-2. The number of hydrogen-bond acceptors (Lipinski definition) is 0. The molecule has 2 unspecified atom stereocenters. The van der Waals surface area contributed by atoms with E-state index < -0.39 is 0 Å². The number of halogens is 2. The molecule has 35 heavy (non-hydrogen) atoms. The summed E-state index contributed by atoms with van der Waals surface area (Å²) in [7, 11) is 0. The van der Waals surface area contributed by atoms with Crippen LogP contribution in [0, 0.1) is 0 Å². The van der Waals surface area contributed by atoms with E-state index in [0.29, 0.717) is 8.45 Å². The molecule has 172 valence electrons. The first-order valence-corrected chi connectivity index (χ1v) is 13.5. The molecule has 0 aliphatic heterocycles. The van der Waals surface area contributed by atoms with Crippen LogP contribution >= 0.6 is 0 Å². The molecule has 0 amide bonds. The van der Waals surface area contributed by atoms with E-state index in [0.717, 1.165) is 0 Å². The van der Waals surface area contributed by atoms with Gasteiger partial charge >= 0.3 is 206 Å². The van der Waals surface area contributed by atoms with Crippen LogP contribution < -0.4 is 24.8 Å². The van der Waals surface area contributed by atoms with Crippen molar-refractivity contribution < 1.29 is 44.0 Å². The largest absolute Gasteiger partial charge is 1.00 e. The van der Waals surface area contributed by atoms with Gasteiger partial charge in [0, 0.05) is 0 Å².